The summed E-state index contributed by atoms with van der Waals surface area (Å²) in [6.45, 7) is -0.125. The molecule has 2 aromatic heterocycles. The molecule has 0 saturated heterocycles. The van der Waals surface area contributed by atoms with Gasteiger partial charge in [-0.3, -0.25) is 9.59 Å². The summed E-state index contributed by atoms with van der Waals surface area (Å²) in [6.07, 6.45) is 2.89. The van der Waals surface area contributed by atoms with Crippen LogP contribution in [0.1, 0.15) is 32.8 Å². The molecule has 1 aliphatic carbocycles. The number of carbonyl (C=O) groups is 2. The van der Waals surface area contributed by atoms with Gasteiger partial charge in [-0.1, -0.05) is 12.1 Å². The van der Waals surface area contributed by atoms with Crippen LogP contribution >= 0.6 is 11.3 Å². The van der Waals surface area contributed by atoms with Crippen molar-refractivity contribution >= 4 is 28.2 Å². The molecule has 0 bridgehead atoms. The average molecular weight is 393 g/mol. The molecule has 0 spiro atoms. The predicted molar refractivity (Wildman–Crippen MR) is 101 cm³/mol. The number of anilines is 1. The molecule has 3 aromatic rings. The van der Waals surface area contributed by atoms with Crippen LogP contribution in [0, 0.1) is 11.3 Å². The number of primary amides is 1. The van der Waals surface area contributed by atoms with E-state index in [9.17, 15) is 14.9 Å². The van der Waals surface area contributed by atoms with Crippen molar-refractivity contribution in [2.45, 2.75) is 25.8 Å². The van der Waals surface area contributed by atoms with Crippen LogP contribution in [0.2, 0.25) is 0 Å². The van der Waals surface area contributed by atoms with Gasteiger partial charge in [0.15, 0.2) is 0 Å². The van der Waals surface area contributed by atoms with Gasteiger partial charge in [-0.15, -0.1) is 21.5 Å². The van der Waals surface area contributed by atoms with E-state index in [0.717, 1.165) is 24.8 Å². The minimum absolute atomic E-state index is 0.125. The molecule has 0 unspecified atom stereocenters. The van der Waals surface area contributed by atoms with Crippen molar-refractivity contribution in [3.05, 3.63) is 45.8 Å². The van der Waals surface area contributed by atoms with Crippen LogP contribution in [0.25, 0.3) is 11.4 Å². The molecule has 0 saturated carbocycles. The normalized spacial score (nSPS) is 12.4. The molecule has 0 atom stereocenters. The first-order valence-electron chi connectivity index (χ1n) is 8.57. The van der Waals surface area contributed by atoms with Crippen molar-refractivity contribution in [2.24, 2.45) is 5.73 Å². The van der Waals surface area contributed by atoms with Crippen LogP contribution < -0.4 is 11.1 Å². The Kier molecular flexibility index (Phi) is 4.58. The lowest BCUT2D eigenvalue weighted by molar-refractivity contribution is -0.117. The second kappa shape index (κ2) is 7.21. The molecule has 28 heavy (non-hydrogen) atoms. The van der Waals surface area contributed by atoms with Crippen LogP contribution in [-0.2, 0) is 24.2 Å². The van der Waals surface area contributed by atoms with E-state index in [1.165, 1.54) is 21.0 Å². The van der Waals surface area contributed by atoms with Crippen molar-refractivity contribution in [3.63, 3.8) is 0 Å². The zero-order chi connectivity index (χ0) is 19.7. The Bertz CT molecular complexity index is 1110. The third-order valence-corrected chi connectivity index (χ3v) is 5.66. The fourth-order valence-electron chi connectivity index (χ4n) is 3.11. The van der Waals surface area contributed by atoms with Crippen molar-refractivity contribution in [1.29, 1.82) is 5.26 Å². The number of hydrogen-bond acceptors (Lipinski definition) is 7. The summed E-state index contributed by atoms with van der Waals surface area (Å²) >= 11 is 1.46. The van der Waals surface area contributed by atoms with E-state index in [-0.39, 0.29) is 12.5 Å². The summed E-state index contributed by atoms with van der Waals surface area (Å²) in [5.41, 5.74) is 7.87. The number of nitriles is 1. The average Bonchev–Trinajstić information content (AvgIpc) is 3.38. The highest BCUT2D eigenvalue weighted by Gasteiger charge is 2.23. The number of aromatic nitrogens is 4. The number of rotatable bonds is 5. The van der Waals surface area contributed by atoms with Gasteiger partial charge >= 0.3 is 0 Å². The quantitative estimate of drug-likeness (QED) is 0.673. The van der Waals surface area contributed by atoms with Gasteiger partial charge in [0, 0.05) is 16.0 Å². The maximum Gasteiger partial charge on any atom is 0.248 e. The molecule has 1 aliphatic rings. The Labute approximate surface area is 163 Å². The minimum Gasteiger partial charge on any atom is -0.366 e. The van der Waals surface area contributed by atoms with E-state index in [4.69, 9.17) is 5.73 Å². The van der Waals surface area contributed by atoms with Crippen molar-refractivity contribution in [3.8, 4) is 17.5 Å². The van der Waals surface area contributed by atoms with Gasteiger partial charge in [-0.05, 0) is 42.2 Å². The molecule has 2 amide bonds. The minimum atomic E-state index is -0.517. The van der Waals surface area contributed by atoms with E-state index in [1.54, 1.807) is 24.3 Å². The molecule has 4 rings (SSSR count). The molecule has 0 aliphatic heterocycles. The summed E-state index contributed by atoms with van der Waals surface area (Å²) in [7, 11) is 0. The van der Waals surface area contributed by atoms with E-state index in [1.807, 2.05) is 0 Å². The first-order valence-corrected chi connectivity index (χ1v) is 9.39. The molecule has 2 heterocycles. The Morgan fingerprint density at radius 1 is 1.29 bits per heavy atom. The fourth-order valence-corrected chi connectivity index (χ4v) is 4.37. The maximum absolute atomic E-state index is 12.3. The smallest absolute Gasteiger partial charge is 0.248 e. The van der Waals surface area contributed by atoms with Crippen LogP contribution in [0.3, 0.4) is 0 Å². The first-order chi connectivity index (χ1) is 13.5. The number of hydrogen-bond donors (Lipinski definition) is 2. The summed E-state index contributed by atoms with van der Waals surface area (Å²) in [4.78, 5) is 25.8. The monoisotopic (exact) mass is 393 g/mol. The Hall–Kier alpha value is -3.58. The van der Waals surface area contributed by atoms with E-state index in [2.05, 4.69) is 26.8 Å². The second-order valence-corrected chi connectivity index (χ2v) is 7.41. The molecule has 1 aromatic carbocycles. The Morgan fingerprint density at radius 3 is 2.79 bits per heavy atom. The zero-order valence-electron chi connectivity index (χ0n) is 14.7. The summed E-state index contributed by atoms with van der Waals surface area (Å²) in [5, 5.41) is 24.8. The molecule has 10 heteroatoms. The number of nitrogens with two attached hydrogens (primary N) is 1. The fraction of sp³-hybridized carbons (Fsp3) is 0.222. The highest BCUT2D eigenvalue weighted by atomic mass is 32.1. The predicted octanol–water partition coefficient (Wildman–Crippen LogP) is 1.50. The van der Waals surface area contributed by atoms with E-state index in [0.29, 0.717) is 27.5 Å². The first kappa shape index (κ1) is 17.8. The third kappa shape index (κ3) is 3.35. The summed E-state index contributed by atoms with van der Waals surface area (Å²) < 4.78 is 0. The highest BCUT2D eigenvalue weighted by molar-refractivity contribution is 7.16. The molecule has 0 radical (unpaired) electrons. The number of aryl methyl sites for hydroxylation is 1. The number of carbonyl (C=O) groups excluding carboxylic acids is 2. The van der Waals surface area contributed by atoms with Gasteiger partial charge in [-0.25, -0.2) is 0 Å². The van der Waals surface area contributed by atoms with Gasteiger partial charge in [-0.2, -0.15) is 10.1 Å². The van der Waals surface area contributed by atoms with E-state index < -0.39 is 5.91 Å². The van der Waals surface area contributed by atoms with Gasteiger partial charge < -0.3 is 11.1 Å². The standard InChI is InChI=1S/C18H15N7O2S/c19-8-13-12-2-1-3-14(12)28-18(13)21-15(26)9-25-23-17(22-24-25)11-6-4-10(5-7-11)16(20)27/h4-7H,1-3,9H2,(H2,20,27)(H,21,26). The maximum atomic E-state index is 12.3. The zero-order valence-corrected chi connectivity index (χ0v) is 15.5. The van der Waals surface area contributed by atoms with Crippen molar-refractivity contribution in [1.82, 2.24) is 20.2 Å². The largest absolute Gasteiger partial charge is 0.366 e. The Balaban J connectivity index is 1.45. The van der Waals surface area contributed by atoms with Gasteiger partial charge in [0.2, 0.25) is 17.6 Å². The van der Waals surface area contributed by atoms with Crippen molar-refractivity contribution in [2.75, 3.05) is 5.32 Å². The molecule has 9 nitrogen and oxygen atoms in total. The van der Waals surface area contributed by atoms with Crippen LogP contribution in [-0.4, -0.2) is 32.0 Å². The van der Waals surface area contributed by atoms with Crippen LogP contribution in [0.5, 0.6) is 0 Å². The van der Waals surface area contributed by atoms with Gasteiger partial charge in [0.25, 0.3) is 0 Å². The molecule has 140 valence electrons. The topological polar surface area (TPSA) is 140 Å². The summed E-state index contributed by atoms with van der Waals surface area (Å²) in [5.74, 6) is -0.516. The van der Waals surface area contributed by atoms with Gasteiger partial charge in [0.05, 0.1) is 5.56 Å². The van der Waals surface area contributed by atoms with Gasteiger partial charge in [0.1, 0.15) is 17.6 Å². The number of nitrogens with one attached hydrogen (secondary N) is 1. The SMILES string of the molecule is N#Cc1c(NC(=O)Cn2nnc(-c3ccc(C(N)=O)cc3)n2)sc2c1CCC2. The molecular formula is C18H15N7O2S. The molecule has 0 fully saturated rings. The lowest BCUT2D eigenvalue weighted by atomic mass is 10.1. The number of tetrazole rings is 1. The third-order valence-electron chi connectivity index (χ3n) is 4.45. The lowest BCUT2D eigenvalue weighted by Crippen LogP contribution is -2.20. The van der Waals surface area contributed by atoms with Crippen molar-refractivity contribution < 1.29 is 9.59 Å². The van der Waals surface area contributed by atoms with Crippen LogP contribution in [0.4, 0.5) is 5.00 Å². The summed E-state index contributed by atoms with van der Waals surface area (Å²) in [6, 6.07) is 8.66. The molecule has 3 N–H and O–H groups in total. The van der Waals surface area contributed by atoms with Crippen LogP contribution in [0.15, 0.2) is 24.3 Å². The van der Waals surface area contributed by atoms with E-state index >= 15 is 0 Å². The number of nitrogens with zero attached hydrogens (tertiary/aromatic N) is 5. The molecular weight excluding hydrogens is 378 g/mol. The number of amides is 2. The lowest BCUT2D eigenvalue weighted by Gasteiger charge is -2.03. The number of fused-ring (bicyclic) bond motifs is 1. The number of benzene rings is 1. The highest BCUT2D eigenvalue weighted by Crippen LogP contribution is 2.38. The second-order valence-electron chi connectivity index (χ2n) is 6.31. The number of thiophene rings is 1. The Morgan fingerprint density at radius 2 is 2.07 bits per heavy atom.